The molecule has 1 heterocycles. The lowest BCUT2D eigenvalue weighted by Crippen LogP contribution is -2.52. The molecule has 0 aromatic heterocycles. The Labute approximate surface area is 206 Å². The van der Waals surface area contributed by atoms with Gasteiger partial charge < -0.3 is 19.1 Å². The number of halogens is 8. The molecule has 1 aliphatic heterocycles. The SMILES string of the molecule is O=C(OCOc1c(CN2CCN(C(=O)OC(C(F)(F)F)C(F)(F)F)CC2)ccc(F)c1F)C1CCCC1. The maximum Gasteiger partial charge on any atom is 0.434 e. The quantitative estimate of drug-likeness (QED) is 0.278. The molecule has 0 spiro atoms. The summed E-state index contributed by atoms with van der Waals surface area (Å²) in [6.07, 6.45) is -14.6. The van der Waals surface area contributed by atoms with Gasteiger partial charge in [0.15, 0.2) is 11.6 Å². The van der Waals surface area contributed by atoms with Crippen molar-refractivity contribution in [1.82, 2.24) is 9.80 Å². The van der Waals surface area contributed by atoms with Crippen LogP contribution in [0.1, 0.15) is 31.2 Å². The Bertz CT molecular complexity index is 944. The monoisotopic (exact) mass is 548 g/mol. The average molecular weight is 548 g/mol. The van der Waals surface area contributed by atoms with Gasteiger partial charge in [-0.1, -0.05) is 18.9 Å². The standard InChI is InChI=1S/C22H24F8N2O5/c23-15-6-5-14(17(16(15)24)35-12-36-18(33)13-3-1-2-4-13)11-31-7-9-32(10-8-31)20(34)37-19(21(25,26)27)22(28,29)30/h5-6,13,19H,1-4,7-12H2. The maximum atomic E-state index is 14.4. The summed E-state index contributed by atoms with van der Waals surface area (Å²) in [5.74, 6) is -3.80. The third kappa shape index (κ3) is 7.58. The lowest BCUT2D eigenvalue weighted by atomic mass is 10.1. The van der Waals surface area contributed by atoms with Crippen LogP contribution in [0, 0.1) is 17.6 Å². The van der Waals surface area contributed by atoms with Crippen LogP contribution < -0.4 is 4.74 Å². The smallest absolute Gasteiger partial charge is 0.434 e. The van der Waals surface area contributed by atoms with Gasteiger partial charge in [0.2, 0.25) is 12.6 Å². The predicted octanol–water partition coefficient (Wildman–Crippen LogP) is 4.78. The Balaban J connectivity index is 1.56. The second kappa shape index (κ2) is 11.7. The molecule has 2 fully saturated rings. The van der Waals surface area contributed by atoms with Gasteiger partial charge >= 0.3 is 24.4 Å². The topological polar surface area (TPSA) is 68.3 Å². The number of nitrogens with zero attached hydrogens (tertiary/aromatic N) is 2. The van der Waals surface area contributed by atoms with Crippen molar-refractivity contribution in [3.63, 3.8) is 0 Å². The number of benzene rings is 1. The van der Waals surface area contributed by atoms with E-state index in [2.05, 4.69) is 4.74 Å². The molecule has 7 nitrogen and oxygen atoms in total. The predicted molar refractivity (Wildman–Crippen MR) is 109 cm³/mol. The molecule has 3 rings (SSSR count). The Hall–Kier alpha value is -2.84. The molecule has 1 aromatic rings. The number of carbonyl (C=O) groups is 2. The van der Waals surface area contributed by atoms with Gasteiger partial charge in [0, 0.05) is 38.3 Å². The lowest BCUT2D eigenvalue weighted by Gasteiger charge is -2.35. The molecule has 1 aliphatic carbocycles. The minimum atomic E-state index is -5.83. The highest BCUT2D eigenvalue weighted by atomic mass is 19.4. The summed E-state index contributed by atoms with van der Waals surface area (Å²) in [7, 11) is 0. The molecule has 208 valence electrons. The van der Waals surface area contributed by atoms with Crippen LogP contribution in [-0.4, -0.2) is 73.3 Å². The summed E-state index contributed by atoms with van der Waals surface area (Å²) >= 11 is 0. The van der Waals surface area contributed by atoms with Crippen LogP contribution in [0.15, 0.2) is 12.1 Å². The number of ether oxygens (including phenoxy) is 3. The van der Waals surface area contributed by atoms with E-state index in [0.29, 0.717) is 17.7 Å². The number of piperazine rings is 1. The van der Waals surface area contributed by atoms with E-state index in [1.807, 2.05) is 0 Å². The zero-order valence-electron chi connectivity index (χ0n) is 19.3. The normalized spacial score (nSPS) is 17.8. The minimum absolute atomic E-state index is 0.0209. The molecule has 0 radical (unpaired) electrons. The fourth-order valence-corrected chi connectivity index (χ4v) is 4.10. The Kier molecular flexibility index (Phi) is 9.08. The first-order valence-corrected chi connectivity index (χ1v) is 11.3. The van der Waals surface area contributed by atoms with Crippen LogP contribution >= 0.6 is 0 Å². The molecule has 2 aliphatic rings. The Morgan fingerprint density at radius 2 is 1.54 bits per heavy atom. The number of rotatable bonds is 7. The van der Waals surface area contributed by atoms with Crippen molar-refractivity contribution in [1.29, 1.82) is 0 Å². The van der Waals surface area contributed by atoms with Crippen LogP contribution in [0.5, 0.6) is 5.75 Å². The Morgan fingerprint density at radius 3 is 2.11 bits per heavy atom. The van der Waals surface area contributed by atoms with Crippen LogP contribution in [-0.2, 0) is 20.8 Å². The van der Waals surface area contributed by atoms with Gasteiger partial charge in [-0.3, -0.25) is 9.69 Å². The number of esters is 1. The molecule has 0 unspecified atom stereocenters. The third-order valence-corrected chi connectivity index (χ3v) is 6.06. The van der Waals surface area contributed by atoms with Gasteiger partial charge in [-0.2, -0.15) is 30.7 Å². The van der Waals surface area contributed by atoms with Gasteiger partial charge in [-0.25, -0.2) is 9.18 Å². The van der Waals surface area contributed by atoms with E-state index in [0.717, 1.165) is 18.9 Å². The van der Waals surface area contributed by atoms with Gasteiger partial charge in [-0.05, 0) is 18.9 Å². The zero-order valence-corrected chi connectivity index (χ0v) is 19.3. The lowest BCUT2D eigenvalue weighted by molar-refractivity contribution is -0.308. The molecule has 0 N–H and O–H groups in total. The zero-order chi connectivity index (χ0) is 27.4. The second-order valence-corrected chi connectivity index (χ2v) is 8.67. The summed E-state index contributed by atoms with van der Waals surface area (Å²) in [6, 6.07) is 2.08. The summed E-state index contributed by atoms with van der Waals surface area (Å²) < 4.78 is 118. The van der Waals surface area contributed by atoms with E-state index in [-0.39, 0.29) is 44.2 Å². The van der Waals surface area contributed by atoms with Gasteiger partial charge in [0.25, 0.3) is 6.10 Å². The van der Waals surface area contributed by atoms with Crippen LogP contribution in [0.3, 0.4) is 0 Å². The van der Waals surface area contributed by atoms with Crippen molar-refractivity contribution in [2.24, 2.45) is 5.92 Å². The number of hydrogen-bond donors (Lipinski definition) is 0. The number of carbonyl (C=O) groups excluding carboxylic acids is 2. The molecule has 1 saturated carbocycles. The Morgan fingerprint density at radius 1 is 0.946 bits per heavy atom. The molecule has 1 aromatic carbocycles. The fraction of sp³-hybridized carbons (Fsp3) is 0.636. The van der Waals surface area contributed by atoms with Gasteiger partial charge in [0.05, 0.1) is 5.92 Å². The first-order chi connectivity index (χ1) is 17.3. The maximum absolute atomic E-state index is 14.4. The highest BCUT2D eigenvalue weighted by molar-refractivity contribution is 5.72. The number of amides is 1. The largest absolute Gasteiger partial charge is 0.454 e. The second-order valence-electron chi connectivity index (χ2n) is 8.67. The molecule has 0 atom stereocenters. The van der Waals surface area contributed by atoms with Gasteiger partial charge in [-0.15, -0.1) is 0 Å². The summed E-state index contributed by atoms with van der Waals surface area (Å²) in [5.41, 5.74) is 0.154. The number of hydrogen-bond acceptors (Lipinski definition) is 6. The van der Waals surface area contributed by atoms with Crippen molar-refractivity contribution < 1.29 is 58.9 Å². The molecular formula is C22H24F8N2O5. The van der Waals surface area contributed by atoms with E-state index in [4.69, 9.17) is 9.47 Å². The van der Waals surface area contributed by atoms with Crippen LogP contribution in [0.2, 0.25) is 0 Å². The van der Waals surface area contributed by atoms with Crippen molar-refractivity contribution in [3.8, 4) is 5.75 Å². The van der Waals surface area contributed by atoms with E-state index in [9.17, 15) is 44.7 Å². The average Bonchev–Trinajstić information content (AvgIpc) is 3.35. The third-order valence-electron chi connectivity index (χ3n) is 6.06. The molecule has 1 amide bonds. The minimum Gasteiger partial charge on any atom is -0.454 e. The van der Waals surface area contributed by atoms with Gasteiger partial charge in [0.1, 0.15) is 0 Å². The van der Waals surface area contributed by atoms with Crippen molar-refractivity contribution in [2.75, 3.05) is 33.0 Å². The first-order valence-electron chi connectivity index (χ1n) is 11.3. The van der Waals surface area contributed by atoms with E-state index in [1.165, 1.54) is 6.07 Å². The van der Waals surface area contributed by atoms with Crippen molar-refractivity contribution in [2.45, 2.75) is 50.7 Å². The summed E-state index contributed by atoms with van der Waals surface area (Å²) in [4.78, 5) is 26.2. The highest BCUT2D eigenvalue weighted by Crippen LogP contribution is 2.36. The van der Waals surface area contributed by atoms with Crippen LogP contribution in [0.4, 0.5) is 39.9 Å². The highest BCUT2D eigenvalue weighted by Gasteiger charge is 2.60. The molecule has 1 saturated heterocycles. The van der Waals surface area contributed by atoms with Crippen molar-refractivity contribution in [3.05, 3.63) is 29.3 Å². The molecular weight excluding hydrogens is 524 g/mol. The molecule has 0 bridgehead atoms. The van der Waals surface area contributed by atoms with E-state index >= 15 is 0 Å². The first kappa shape index (κ1) is 28.7. The van der Waals surface area contributed by atoms with E-state index in [1.54, 1.807) is 4.90 Å². The van der Waals surface area contributed by atoms with Crippen molar-refractivity contribution >= 4 is 12.1 Å². The van der Waals surface area contributed by atoms with Crippen LogP contribution in [0.25, 0.3) is 0 Å². The number of alkyl halides is 6. The summed E-state index contributed by atoms with van der Waals surface area (Å²) in [6.45, 7) is -1.30. The van der Waals surface area contributed by atoms with E-state index < -0.39 is 54.7 Å². The molecule has 37 heavy (non-hydrogen) atoms. The molecule has 15 heteroatoms. The fourth-order valence-electron chi connectivity index (χ4n) is 4.10. The summed E-state index contributed by atoms with van der Waals surface area (Å²) in [5, 5.41) is 0.